The monoisotopic (exact) mass is 326 g/mol. The van der Waals surface area contributed by atoms with Crippen LogP contribution in [0.5, 0.6) is 11.5 Å². The van der Waals surface area contributed by atoms with Crippen molar-refractivity contribution in [3.63, 3.8) is 0 Å². The van der Waals surface area contributed by atoms with E-state index in [1.807, 2.05) is 0 Å². The number of aromatic nitrogens is 1. The number of hydrogen-bond acceptors (Lipinski definition) is 5. The van der Waals surface area contributed by atoms with Gasteiger partial charge in [-0.1, -0.05) is 12.1 Å². The van der Waals surface area contributed by atoms with E-state index in [-0.39, 0.29) is 18.3 Å². The third kappa shape index (κ3) is 4.67. The highest BCUT2D eigenvalue weighted by Crippen LogP contribution is 2.28. The van der Waals surface area contributed by atoms with Gasteiger partial charge in [0.25, 0.3) is 5.91 Å². The molecule has 0 aliphatic rings. The minimum atomic E-state index is -0.233. The van der Waals surface area contributed by atoms with E-state index in [9.17, 15) is 9.59 Å². The molecule has 0 spiro atoms. The third-order valence-corrected chi connectivity index (χ3v) is 3.20. The molecular weight excluding hydrogens is 308 g/mol. The maximum Gasteiger partial charge on any atom is 0.257 e. The summed E-state index contributed by atoms with van der Waals surface area (Å²) >= 11 is 0. The summed E-state index contributed by atoms with van der Waals surface area (Å²) in [6.07, 6.45) is 6.28. The Labute approximate surface area is 140 Å². The molecule has 6 heteroatoms. The first-order chi connectivity index (χ1) is 11.6. The molecule has 0 saturated heterocycles. The van der Waals surface area contributed by atoms with E-state index in [4.69, 9.17) is 9.47 Å². The maximum atomic E-state index is 12.0. The Morgan fingerprint density at radius 3 is 2.75 bits per heavy atom. The highest BCUT2D eigenvalue weighted by atomic mass is 16.5. The molecule has 1 amide bonds. The minimum absolute atomic E-state index is 0.0957. The van der Waals surface area contributed by atoms with Gasteiger partial charge in [0.15, 0.2) is 23.9 Å². The molecule has 0 aliphatic carbocycles. The zero-order chi connectivity index (χ0) is 17.4. The van der Waals surface area contributed by atoms with E-state index in [1.54, 1.807) is 42.6 Å². The largest absolute Gasteiger partial charge is 0.493 e. The van der Waals surface area contributed by atoms with Gasteiger partial charge in [0.05, 0.1) is 7.11 Å². The molecule has 0 saturated carbocycles. The Morgan fingerprint density at radius 2 is 2.08 bits per heavy atom. The van der Waals surface area contributed by atoms with Gasteiger partial charge >= 0.3 is 0 Å². The van der Waals surface area contributed by atoms with Crippen LogP contribution in [0, 0.1) is 0 Å². The second kappa shape index (κ2) is 8.47. The van der Waals surface area contributed by atoms with Gasteiger partial charge in [-0.25, -0.2) is 0 Å². The van der Waals surface area contributed by atoms with Gasteiger partial charge in [-0.15, -0.1) is 0 Å². The fraction of sp³-hybridized carbons (Fsp3) is 0.167. The average molecular weight is 326 g/mol. The van der Waals surface area contributed by atoms with E-state index in [0.717, 1.165) is 5.56 Å². The zero-order valence-corrected chi connectivity index (χ0v) is 13.5. The molecule has 124 valence electrons. The lowest BCUT2D eigenvalue weighted by Crippen LogP contribution is -2.24. The van der Waals surface area contributed by atoms with Crippen LogP contribution < -0.4 is 14.8 Å². The molecular formula is C18H18N2O4. The topological polar surface area (TPSA) is 77.5 Å². The van der Waals surface area contributed by atoms with Crippen molar-refractivity contribution >= 4 is 17.8 Å². The fourth-order valence-electron chi connectivity index (χ4n) is 1.90. The number of allylic oxidation sites excluding steroid dienone is 1. The van der Waals surface area contributed by atoms with Crippen molar-refractivity contribution in [2.24, 2.45) is 0 Å². The van der Waals surface area contributed by atoms with E-state index in [1.165, 1.54) is 26.4 Å². The molecule has 0 fully saturated rings. The highest BCUT2D eigenvalue weighted by molar-refractivity contribution is 6.06. The highest BCUT2D eigenvalue weighted by Gasteiger charge is 2.07. The molecule has 2 aromatic rings. The number of carbonyl (C=O) groups is 2. The van der Waals surface area contributed by atoms with Crippen LogP contribution in [0.2, 0.25) is 0 Å². The van der Waals surface area contributed by atoms with Crippen LogP contribution in [-0.4, -0.2) is 37.4 Å². The smallest absolute Gasteiger partial charge is 0.257 e. The average Bonchev–Trinajstić information content (AvgIpc) is 2.64. The molecule has 0 aliphatic heterocycles. The number of carbonyl (C=O) groups excluding carboxylic acids is 2. The van der Waals surface area contributed by atoms with Gasteiger partial charge in [0, 0.05) is 25.0 Å². The summed E-state index contributed by atoms with van der Waals surface area (Å²) < 4.78 is 10.7. The standard InChI is InChI=1S/C18H18N2O4/c1-19-18(22)12-24-16-8-6-13(10-17(16)23-2)5-7-15(21)14-4-3-9-20-11-14/h3-11H,12H2,1-2H3,(H,19,22). The second-order valence-electron chi connectivity index (χ2n) is 4.81. The molecule has 0 atom stereocenters. The lowest BCUT2D eigenvalue weighted by molar-refractivity contribution is -0.122. The van der Waals surface area contributed by atoms with Gasteiger partial charge in [-0.3, -0.25) is 14.6 Å². The van der Waals surface area contributed by atoms with Crippen LogP contribution >= 0.6 is 0 Å². The fourth-order valence-corrected chi connectivity index (χ4v) is 1.90. The zero-order valence-electron chi connectivity index (χ0n) is 13.5. The quantitative estimate of drug-likeness (QED) is 0.623. The first-order valence-corrected chi connectivity index (χ1v) is 7.28. The van der Waals surface area contributed by atoms with E-state index in [0.29, 0.717) is 17.1 Å². The molecule has 0 unspecified atom stereocenters. The van der Waals surface area contributed by atoms with Crippen molar-refractivity contribution in [3.8, 4) is 11.5 Å². The van der Waals surface area contributed by atoms with Gasteiger partial charge < -0.3 is 14.8 Å². The number of hydrogen-bond donors (Lipinski definition) is 1. The summed E-state index contributed by atoms with van der Waals surface area (Å²) in [5.74, 6) is 0.566. The summed E-state index contributed by atoms with van der Waals surface area (Å²) in [5, 5.41) is 2.47. The Balaban J connectivity index is 2.10. The Morgan fingerprint density at radius 1 is 1.25 bits per heavy atom. The molecule has 1 aromatic heterocycles. The number of ketones is 1. The molecule has 24 heavy (non-hydrogen) atoms. The molecule has 2 rings (SSSR count). The summed E-state index contributed by atoms with van der Waals surface area (Å²) in [4.78, 5) is 27.2. The van der Waals surface area contributed by atoms with Crippen molar-refractivity contribution in [2.75, 3.05) is 20.8 Å². The Hall–Kier alpha value is -3.15. The molecule has 6 nitrogen and oxygen atoms in total. The van der Waals surface area contributed by atoms with Crippen LogP contribution in [-0.2, 0) is 4.79 Å². The van der Waals surface area contributed by atoms with Gasteiger partial charge in [0.1, 0.15) is 0 Å². The summed E-state index contributed by atoms with van der Waals surface area (Å²) in [6.45, 7) is -0.0957. The first kappa shape index (κ1) is 17.2. The number of rotatable bonds is 7. The van der Waals surface area contributed by atoms with E-state index >= 15 is 0 Å². The molecule has 0 bridgehead atoms. The second-order valence-corrected chi connectivity index (χ2v) is 4.81. The molecule has 1 N–H and O–H groups in total. The number of ether oxygens (including phenoxy) is 2. The van der Waals surface area contributed by atoms with Crippen molar-refractivity contribution in [2.45, 2.75) is 0 Å². The number of likely N-dealkylation sites (N-methyl/N-ethyl adjacent to an activating group) is 1. The predicted octanol–water partition coefficient (Wildman–Crippen LogP) is 2.11. The number of pyridine rings is 1. The Bertz CT molecular complexity index is 742. The van der Waals surface area contributed by atoms with E-state index < -0.39 is 0 Å². The van der Waals surface area contributed by atoms with E-state index in [2.05, 4.69) is 10.3 Å². The summed E-state index contributed by atoms with van der Waals surface area (Å²) in [7, 11) is 3.05. The lowest BCUT2D eigenvalue weighted by Gasteiger charge is -2.10. The van der Waals surface area contributed by atoms with Crippen molar-refractivity contribution < 1.29 is 19.1 Å². The summed E-state index contributed by atoms with van der Waals surface area (Å²) in [6, 6.07) is 8.61. The first-order valence-electron chi connectivity index (χ1n) is 7.28. The number of methoxy groups -OCH3 is 1. The lowest BCUT2D eigenvalue weighted by atomic mass is 10.1. The number of nitrogens with zero attached hydrogens (tertiary/aromatic N) is 1. The molecule has 1 heterocycles. The Kier molecular flexibility index (Phi) is 6.08. The summed E-state index contributed by atoms with van der Waals surface area (Å²) in [5.41, 5.74) is 1.29. The van der Waals surface area contributed by atoms with Crippen LogP contribution in [0.15, 0.2) is 48.8 Å². The van der Waals surface area contributed by atoms with Gasteiger partial charge in [0.2, 0.25) is 0 Å². The number of benzene rings is 1. The predicted molar refractivity (Wildman–Crippen MR) is 90.2 cm³/mol. The molecule has 1 aromatic carbocycles. The maximum absolute atomic E-state index is 12.0. The van der Waals surface area contributed by atoms with Crippen molar-refractivity contribution in [1.82, 2.24) is 10.3 Å². The number of amides is 1. The van der Waals surface area contributed by atoms with Crippen molar-refractivity contribution in [3.05, 3.63) is 59.9 Å². The van der Waals surface area contributed by atoms with Crippen molar-refractivity contribution in [1.29, 1.82) is 0 Å². The molecule has 0 radical (unpaired) electrons. The number of nitrogens with one attached hydrogen (secondary N) is 1. The normalized spacial score (nSPS) is 10.4. The van der Waals surface area contributed by atoms with Crippen LogP contribution in [0.25, 0.3) is 6.08 Å². The van der Waals surface area contributed by atoms with Gasteiger partial charge in [-0.2, -0.15) is 0 Å². The van der Waals surface area contributed by atoms with Crippen LogP contribution in [0.3, 0.4) is 0 Å². The SMILES string of the molecule is CNC(=O)COc1ccc(C=CC(=O)c2cccnc2)cc1OC. The minimum Gasteiger partial charge on any atom is -0.493 e. The van der Waals surface area contributed by atoms with Crippen LogP contribution in [0.4, 0.5) is 0 Å². The third-order valence-electron chi connectivity index (χ3n) is 3.20. The van der Waals surface area contributed by atoms with Crippen LogP contribution in [0.1, 0.15) is 15.9 Å². The van der Waals surface area contributed by atoms with Gasteiger partial charge in [-0.05, 0) is 35.9 Å².